The summed E-state index contributed by atoms with van der Waals surface area (Å²) in [5.74, 6) is -0.156. The Bertz CT molecular complexity index is 689. The number of piperazine rings is 1. The SMILES string of the molecule is CCCOC(=O)C[C@@H]1C(=O)NCCN1C(=O)c1ccccc1OCCC(C)C. The predicted octanol–water partition coefficient (Wildman–Crippen LogP) is 2.40. The largest absolute Gasteiger partial charge is 0.493 e. The molecule has 1 fully saturated rings. The molecule has 0 spiro atoms. The van der Waals surface area contributed by atoms with E-state index < -0.39 is 12.0 Å². The van der Waals surface area contributed by atoms with Gasteiger partial charge in [0.05, 0.1) is 25.2 Å². The highest BCUT2D eigenvalue weighted by molar-refractivity contribution is 6.01. The van der Waals surface area contributed by atoms with Crippen molar-refractivity contribution in [1.82, 2.24) is 10.2 Å². The second-order valence-corrected chi connectivity index (χ2v) is 7.26. The summed E-state index contributed by atoms with van der Waals surface area (Å²) >= 11 is 0. The van der Waals surface area contributed by atoms with E-state index in [4.69, 9.17) is 9.47 Å². The second kappa shape index (κ2) is 10.7. The maximum Gasteiger partial charge on any atom is 0.308 e. The highest BCUT2D eigenvalue weighted by atomic mass is 16.5. The minimum Gasteiger partial charge on any atom is -0.493 e. The molecule has 1 aliphatic rings. The van der Waals surface area contributed by atoms with Gasteiger partial charge in [0, 0.05) is 13.1 Å². The molecule has 2 rings (SSSR count). The van der Waals surface area contributed by atoms with E-state index in [0.29, 0.717) is 50.0 Å². The first-order valence-corrected chi connectivity index (χ1v) is 9.90. The van der Waals surface area contributed by atoms with Crippen molar-refractivity contribution in [2.24, 2.45) is 5.92 Å². The molecular weight excluding hydrogens is 360 g/mol. The maximum atomic E-state index is 13.2. The molecule has 2 amide bonds. The quantitative estimate of drug-likeness (QED) is 0.655. The van der Waals surface area contributed by atoms with E-state index in [1.165, 1.54) is 4.90 Å². The molecule has 1 atom stereocenters. The summed E-state index contributed by atoms with van der Waals surface area (Å²) in [6, 6.07) is 6.13. The van der Waals surface area contributed by atoms with E-state index in [0.717, 1.165) is 6.42 Å². The number of benzene rings is 1. The van der Waals surface area contributed by atoms with Gasteiger partial charge in [-0.1, -0.05) is 32.9 Å². The van der Waals surface area contributed by atoms with Crippen molar-refractivity contribution in [3.05, 3.63) is 29.8 Å². The van der Waals surface area contributed by atoms with Gasteiger partial charge < -0.3 is 19.7 Å². The molecule has 0 bridgehead atoms. The Balaban J connectivity index is 2.15. The first-order chi connectivity index (χ1) is 13.4. The third-order valence-corrected chi connectivity index (χ3v) is 4.49. The van der Waals surface area contributed by atoms with Gasteiger partial charge in [0.2, 0.25) is 5.91 Å². The molecule has 7 heteroatoms. The van der Waals surface area contributed by atoms with Crippen LogP contribution in [0.25, 0.3) is 0 Å². The van der Waals surface area contributed by atoms with Gasteiger partial charge in [0.15, 0.2) is 0 Å². The van der Waals surface area contributed by atoms with Crippen LogP contribution in [-0.4, -0.2) is 55.0 Å². The van der Waals surface area contributed by atoms with Crippen LogP contribution in [0, 0.1) is 5.92 Å². The Morgan fingerprint density at radius 1 is 1.25 bits per heavy atom. The Labute approximate surface area is 166 Å². The van der Waals surface area contributed by atoms with Gasteiger partial charge in [-0.2, -0.15) is 0 Å². The summed E-state index contributed by atoms with van der Waals surface area (Å²) in [4.78, 5) is 39.0. The van der Waals surface area contributed by atoms with Crippen LogP contribution in [0.4, 0.5) is 0 Å². The number of rotatable bonds is 9. The van der Waals surface area contributed by atoms with Crippen molar-refractivity contribution in [2.45, 2.75) is 46.1 Å². The molecule has 1 aromatic rings. The molecule has 1 heterocycles. The number of para-hydroxylation sites is 1. The fraction of sp³-hybridized carbons (Fsp3) is 0.571. The number of carbonyl (C=O) groups excluding carboxylic acids is 3. The van der Waals surface area contributed by atoms with Crippen molar-refractivity contribution in [1.29, 1.82) is 0 Å². The smallest absolute Gasteiger partial charge is 0.308 e. The van der Waals surface area contributed by atoms with Crippen molar-refractivity contribution in [3.8, 4) is 5.75 Å². The Hall–Kier alpha value is -2.57. The summed E-state index contributed by atoms with van der Waals surface area (Å²) < 4.78 is 10.9. The molecular formula is C21H30N2O5. The molecule has 0 unspecified atom stereocenters. The fourth-order valence-corrected chi connectivity index (χ4v) is 2.92. The summed E-state index contributed by atoms with van der Waals surface area (Å²) in [6.07, 6.45) is 1.42. The van der Waals surface area contributed by atoms with Gasteiger partial charge in [-0.15, -0.1) is 0 Å². The molecule has 0 aromatic heterocycles. The van der Waals surface area contributed by atoms with Crippen LogP contribution in [0.2, 0.25) is 0 Å². The number of hydrogen-bond acceptors (Lipinski definition) is 5. The number of ether oxygens (including phenoxy) is 2. The average Bonchev–Trinajstić information content (AvgIpc) is 2.67. The lowest BCUT2D eigenvalue weighted by atomic mass is 10.1. The molecule has 0 radical (unpaired) electrons. The normalized spacial score (nSPS) is 16.6. The van der Waals surface area contributed by atoms with Gasteiger partial charge in [0.25, 0.3) is 5.91 Å². The Kier molecular flexibility index (Phi) is 8.29. The van der Waals surface area contributed by atoms with Crippen LogP contribution in [0.1, 0.15) is 50.4 Å². The van der Waals surface area contributed by atoms with Crippen LogP contribution in [-0.2, 0) is 14.3 Å². The zero-order chi connectivity index (χ0) is 20.5. The standard InChI is InChI=1S/C21H30N2O5/c1-4-12-28-19(24)14-17-20(25)22-10-11-23(17)21(26)16-7-5-6-8-18(16)27-13-9-15(2)3/h5-8,15,17H,4,9-14H2,1-3H3,(H,22,25)/t17-/m1/s1. The zero-order valence-corrected chi connectivity index (χ0v) is 16.9. The van der Waals surface area contributed by atoms with E-state index >= 15 is 0 Å². The van der Waals surface area contributed by atoms with Gasteiger partial charge in [-0.25, -0.2) is 0 Å². The van der Waals surface area contributed by atoms with Crippen molar-refractivity contribution >= 4 is 17.8 Å². The van der Waals surface area contributed by atoms with Crippen LogP contribution in [0.3, 0.4) is 0 Å². The second-order valence-electron chi connectivity index (χ2n) is 7.26. The number of nitrogens with zero attached hydrogens (tertiary/aromatic N) is 1. The summed E-state index contributed by atoms with van der Waals surface area (Å²) in [7, 11) is 0. The van der Waals surface area contributed by atoms with E-state index in [1.54, 1.807) is 18.2 Å². The lowest BCUT2D eigenvalue weighted by Crippen LogP contribution is -2.57. The monoisotopic (exact) mass is 390 g/mol. The lowest BCUT2D eigenvalue weighted by Gasteiger charge is -2.34. The molecule has 1 aliphatic heterocycles. The zero-order valence-electron chi connectivity index (χ0n) is 16.9. The van der Waals surface area contributed by atoms with Crippen LogP contribution in [0.5, 0.6) is 5.75 Å². The Morgan fingerprint density at radius 3 is 2.71 bits per heavy atom. The van der Waals surface area contributed by atoms with E-state index in [-0.39, 0.29) is 18.2 Å². The number of hydrogen-bond donors (Lipinski definition) is 1. The molecule has 28 heavy (non-hydrogen) atoms. The van der Waals surface area contributed by atoms with Crippen molar-refractivity contribution < 1.29 is 23.9 Å². The van der Waals surface area contributed by atoms with Crippen LogP contribution < -0.4 is 10.1 Å². The maximum absolute atomic E-state index is 13.2. The first kappa shape index (κ1) is 21.7. The number of nitrogens with one attached hydrogen (secondary N) is 1. The van der Waals surface area contributed by atoms with Crippen LogP contribution in [0.15, 0.2) is 24.3 Å². The highest BCUT2D eigenvalue weighted by Gasteiger charge is 2.36. The third-order valence-electron chi connectivity index (χ3n) is 4.49. The first-order valence-electron chi connectivity index (χ1n) is 9.90. The minimum atomic E-state index is -0.880. The minimum absolute atomic E-state index is 0.159. The number of esters is 1. The average molecular weight is 390 g/mol. The molecule has 7 nitrogen and oxygen atoms in total. The topological polar surface area (TPSA) is 84.9 Å². The van der Waals surface area contributed by atoms with Crippen molar-refractivity contribution in [3.63, 3.8) is 0 Å². The number of carbonyl (C=O) groups is 3. The molecule has 1 saturated heterocycles. The molecule has 1 aromatic carbocycles. The number of amides is 2. The van der Waals surface area contributed by atoms with Gasteiger partial charge in [0.1, 0.15) is 11.8 Å². The van der Waals surface area contributed by atoms with E-state index in [1.807, 2.05) is 13.0 Å². The third kappa shape index (κ3) is 5.97. The van der Waals surface area contributed by atoms with Gasteiger partial charge >= 0.3 is 5.97 Å². The fourth-order valence-electron chi connectivity index (χ4n) is 2.92. The van der Waals surface area contributed by atoms with Gasteiger partial charge in [-0.05, 0) is 30.9 Å². The van der Waals surface area contributed by atoms with Crippen molar-refractivity contribution in [2.75, 3.05) is 26.3 Å². The molecule has 1 N–H and O–H groups in total. The lowest BCUT2D eigenvalue weighted by molar-refractivity contribution is -0.147. The summed E-state index contributed by atoms with van der Waals surface area (Å²) in [6.45, 7) is 7.59. The van der Waals surface area contributed by atoms with E-state index in [2.05, 4.69) is 19.2 Å². The highest BCUT2D eigenvalue weighted by Crippen LogP contribution is 2.23. The van der Waals surface area contributed by atoms with Crippen LogP contribution >= 0.6 is 0 Å². The molecule has 0 aliphatic carbocycles. The molecule has 0 saturated carbocycles. The predicted molar refractivity (Wildman–Crippen MR) is 105 cm³/mol. The Morgan fingerprint density at radius 2 is 2.00 bits per heavy atom. The summed E-state index contributed by atoms with van der Waals surface area (Å²) in [5, 5.41) is 2.72. The van der Waals surface area contributed by atoms with E-state index in [9.17, 15) is 14.4 Å². The summed E-state index contributed by atoms with van der Waals surface area (Å²) in [5.41, 5.74) is 0.396. The van der Waals surface area contributed by atoms with Gasteiger partial charge in [-0.3, -0.25) is 14.4 Å². The molecule has 154 valence electrons.